The third-order valence-corrected chi connectivity index (χ3v) is 3.31. The SMILES string of the molecule is Nc1cc(Br)cnc1Sc1cccc(F)c1. The number of aromatic nitrogens is 1. The molecule has 2 aromatic rings. The molecule has 0 amide bonds. The number of nitrogens with zero attached hydrogens (tertiary/aromatic N) is 1. The van der Waals surface area contributed by atoms with E-state index in [1.54, 1.807) is 18.3 Å². The third kappa shape index (κ3) is 2.74. The summed E-state index contributed by atoms with van der Waals surface area (Å²) < 4.78 is 13.8. The second-order valence-electron chi connectivity index (χ2n) is 3.11. The summed E-state index contributed by atoms with van der Waals surface area (Å²) in [7, 11) is 0. The predicted octanol–water partition coefficient (Wildman–Crippen LogP) is 3.72. The summed E-state index contributed by atoms with van der Waals surface area (Å²) in [5, 5.41) is 0.675. The maximum Gasteiger partial charge on any atom is 0.124 e. The van der Waals surface area contributed by atoms with Crippen LogP contribution in [0.1, 0.15) is 0 Å². The predicted molar refractivity (Wildman–Crippen MR) is 66.9 cm³/mol. The number of benzene rings is 1. The van der Waals surface area contributed by atoms with Gasteiger partial charge in [0.2, 0.25) is 0 Å². The van der Waals surface area contributed by atoms with E-state index in [9.17, 15) is 4.39 Å². The van der Waals surface area contributed by atoms with Gasteiger partial charge in [-0.3, -0.25) is 0 Å². The first-order valence-electron chi connectivity index (χ1n) is 4.49. The van der Waals surface area contributed by atoms with Gasteiger partial charge in [-0.25, -0.2) is 9.37 Å². The maximum atomic E-state index is 13.0. The van der Waals surface area contributed by atoms with Crippen molar-refractivity contribution in [3.05, 3.63) is 46.8 Å². The number of nitrogen functional groups attached to an aromatic ring is 1. The van der Waals surface area contributed by atoms with Gasteiger partial charge in [-0.05, 0) is 40.2 Å². The lowest BCUT2D eigenvalue weighted by molar-refractivity contribution is 0.624. The monoisotopic (exact) mass is 298 g/mol. The molecule has 0 fully saturated rings. The molecule has 0 unspecified atom stereocenters. The molecule has 0 aliphatic heterocycles. The van der Waals surface area contributed by atoms with Crippen LogP contribution in [0.4, 0.5) is 10.1 Å². The molecule has 2 nitrogen and oxygen atoms in total. The van der Waals surface area contributed by atoms with Crippen molar-refractivity contribution in [3.8, 4) is 0 Å². The highest BCUT2D eigenvalue weighted by Gasteiger charge is 2.04. The van der Waals surface area contributed by atoms with E-state index in [-0.39, 0.29) is 5.82 Å². The van der Waals surface area contributed by atoms with Crippen molar-refractivity contribution in [1.29, 1.82) is 0 Å². The fraction of sp³-hybridized carbons (Fsp3) is 0. The number of nitrogens with two attached hydrogens (primary N) is 1. The van der Waals surface area contributed by atoms with Crippen molar-refractivity contribution in [2.24, 2.45) is 0 Å². The van der Waals surface area contributed by atoms with E-state index in [0.717, 1.165) is 9.37 Å². The van der Waals surface area contributed by atoms with Crippen LogP contribution in [0.2, 0.25) is 0 Å². The summed E-state index contributed by atoms with van der Waals surface area (Å²) in [6, 6.07) is 8.11. The first-order chi connectivity index (χ1) is 7.65. The quantitative estimate of drug-likeness (QED) is 0.918. The summed E-state index contributed by atoms with van der Waals surface area (Å²) >= 11 is 4.62. The van der Waals surface area contributed by atoms with Crippen LogP contribution < -0.4 is 5.73 Å². The molecule has 1 aromatic heterocycles. The average Bonchev–Trinajstić information content (AvgIpc) is 2.22. The van der Waals surface area contributed by atoms with E-state index < -0.39 is 0 Å². The van der Waals surface area contributed by atoms with Gasteiger partial charge in [0.25, 0.3) is 0 Å². The minimum atomic E-state index is -0.263. The molecule has 0 saturated heterocycles. The van der Waals surface area contributed by atoms with Crippen molar-refractivity contribution in [2.75, 3.05) is 5.73 Å². The second kappa shape index (κ2) is 4.84. The van der Waals surface area contributed by atoms with Gasteiger partial charge in [0.1, 0.15) is 10.8 Å². The Labute approximate surface area is 105 Å². The smallest absolute Gasteiger partial charge is 0.124 e. The van der Waals surface area contributed by atoms with Crippen LogP contribution in [0.5, 0.6) is 0 Å². The maximum absolute atomic E-state index is 13.0. The van der Waals surface area contributed by atoms with Gasteiger partial charge in [-0.2, -0.15) is 0 Å². The molecule has 0 aliphatic carbocycles. The standard InChI is InChI=1S/C11H8BrFN2S/c12-7-4-10(14)11(15-6-7)16-9-3-1-2-8(13)5-9/h1-6H,14H2. The average molecular weight is 299 g/mol. The first-order valence-corrected chi connectivity index (χ1v) is 6.10. The zero-order valence-corrected chi connectivity index (χ0v) is 10.6. The Hall–Kier alpha value is -1.07. The van der Waals surface area contributed by atoms with Gasteiger partial charge >= 0.3 is 0 Å². The Bertz CT molecular complexity index is 519. The van der Waals surface area contributed by atoms with Gasteiger partial charge in [0, 0.05) is 15.6 Å². The summed E-state index contributed by atoms with van der Waals surface area (Å²) in [6.45, 7) is 0. The molecule has 16 heavy (non-hydrogen) atoms. The summed E-state index contributed by atoms with van der Waals surface area (Å²) in [5.74, 6) is -0.263. The number of rotatable bonds is 2. The fourth-order valence-electron chi connectivity index (χ4n) is 1.17. The number of anilines is 1. The Morgan fingerprint density at radius 1 is 1.31 bits per heavy atom. The Kier molecular flexibility index (Phi) is 3.46. The molecule has 0 bridgehead atoms. The number of pyridine rings is 1. The van der Waals surface area contributed by atoms with Crippen molar-refractivity contribution in [1.82, 2.24) is 4.98 Å². The summed E-state index contributed by atoms with van der Waals surface area (Å²) in [6.07, 6.45) is 1.66. The van der Waals surface area contributed by atoms with Gasteiger partial charge in [0.15, 0.2) is 0 Å². The van der Waals surface area contributed by atoms with E-state index >= 15 is 0 Å². The normalized spacial score (nSPS) is 10.4. The van der Waals surface area contributed by atoms with Gasteiger partial charge in [0.05, 0.1) is 5.69 Å². The molecule has 0 spiro atoms. The third-order valence-electron chi connectivity index (χ3n) is 1.86. The molecule has 0 atom stereocenters. The van der Waals surface area contributed by atoms with Crippen molar-refractivity contribution < 1.29 is 4.39 Å². The van der Waals surface area contributed by atoms with Crippen molar-refractivity contribution >= 4 is 33.4 Å². The fourth-order valence-corrected chi connectivity index (χ4v) is 2.34. The van der Waals surface area contributed by atoms with Crippen LogP contribution in [-0.2, 0) is 0 Å². The molecule has 1 aromatic carbocycles. The molecule has 1 heterocycles. The summed E-state index contributed by atoms with van der Waals surface area (Å²) in [5.41, 5.74) is 6.37. The molecule has 5 heteroatoms. The van der Waals surface area contributed by atoms with E-state index in [1.165, 1.54) is 23.9 Å². The van der Waals surface area contributed by atoms with Gasteiger partial charge in [-0.1, -0.05) is 17.8 Å². The van der Waals surface area contributed by atoms with Gasteiger partial charge < -0.3 is 5.73 Å². The highest BCUT2D eigenvalue weighted by molar-refractivity contribution is 9.10. The largest absolute Gasteiger partial charge is 0.397 e. The van der Waals surface area contributed by atoms with Crippen molar-refractivity contribution in [3.63, 3.8) is 0 Å². The van der Waals surface area contributed by atoms with E-state index in [1.807, 2.05) is 6.07 Å². The molecule has 2 N–H and O–H groups in total. The van der Waals surface area contributed by atoms with Crippen LogP contribution in [0.25, 0.3) is 0 Å². The van der Waals surface area contributed by atoms with Crippen LogP contribution >= 0.6 is 27.7 Å². The molecule has 2 rings (SSSR count). The number of hydrogen-bond donors (Lipinski definition) is 1. The Morgan fingerprint density at radius 3 is 2.81 bits per heavy atom. The van der Waals surface area contributed by atoms with Crippen LogP contribution in [0.3, 0.4) is 0 Å². The van der Waals surface area contributed by atoms with Crippen LogP contribution in [0.15, 0.2) is 50.9 Å². The number of halogens is 2. The molecule has 0 radical (unpaired) electrons. The zero-order chi connectivity index (χ0) is 11.5. The highest BCUT2D eigenvalue weighted by Crippen LogP contribution is 2.31. The molecule has 0 saturated carbocycles. The topological polar surface area (TPSA) is 38.9 Å². The lowest BCUT2D eigenvalue weighted by atomic mass is 10.4. The lowest BCUT2D eigenvalue weighted by Crippen LogP contribution is -1.91. The van der Waals surface area contributed by atoms with Crippen LogP contribution in [0, 0.1) is 5.82 Å². The zero-order valence-electron chi connectivity index (χ0n) is 8.15. The lowest BCUT2D eigenvalue weighted by Gasteiger charge is -2.04. The number of hydrogen-bond acceptors (Lipinski definition) is 3. The Morgan fingerprint density at radius 2 is 2.12 bits per heavy atom. The minimum Gasteiger partial charge on any atom is -0.397 e. The molecule has 0 aliphatic rings. The van der Waals surface area contributed by atoms with E-state index in [4.69, 9.17) is 5.73 Å². The van der Waals surface area contributed by atoms with E-state index in [0.29, 0.717) is 10.7 Å². The highest BCUT2D eigenvalue weighted by atomic mass is 79.9. The van der Waals surface area contributed by atoms with Crippen LogP contribution in [-0.4, -0.2) is 4.98 Å². The second-order valence-corrected chi connectivity index (χ2v) is 5.09. The molecule has 82 valence electrons. The molecular formula is C11H8BrFN2S. The summed E-state index contributed by atoms with van der Waals surface area (Å²) in [4.78, 5) is 4.95. The Balaban J connectivity index is 2.27. The molecular weight excluding hydrogens is 291 g/mol. The van der Waals surface area contributed by atoms with Crippen molar-refractivity contribution in [2.45, 2.75) is 9.92 Å². The van der Waals surface area contributed by atoms with E-state index in [2.05, 4.69) is 20.9 Å². The first kappa shape index (κ1) is 11.4. The minimum absolute atomic E-state index is 0.263. The van der Waals surface area contributed by atoms with Gasteiger partial charge in [-0.15, -0.1) is 0 Å².